The average Bonchev–Trinajstić information content (AvgIpc) is 3.43. The summed E-state index contributed by atoms with van der Waals surface area (Å²) in [5, 5.41) is 0. The molecule has 0 saturated carbocycles. The van der Waals surface area contributed by atoms with E-state index in [1.165, 1.54) is 51.4 Å². The van der Waals surface area contributed by atoms with Gasteiger partial charge in [-0.1, -0.05) is 242 Å². The molecule has 0 aromatic rings. The highest BCUT2D eigenvalue weighted by atomic mass is 16.6. The lowest BCUT2D eigenvalue weighted by molar-refractivity contribution is -0.167. The maximum absolute atomic E-state index is 12.9. The lowest BCUT2D eigenvalue weighted by Crippen LogP contribution is -2.30. The largest absolute Gasteiger partial charge is 0.462 e. The van der Waals surface area contributed by atoms with Crippen LogP contribution >= 0.6 is 0 Å². The molecule has 0 aromatic carbocycles. The standard InChI is InChI=1S/C71H110O6/c1-4-7-10-13-16-19-22-25-28-31-33-34-35-36-38-40-43-46-49-52-55-58-61-64-70(73)76-67-68(66-75-69(72)63-60-57-54-51-48-45-42-39-30-27-24-21-18-15-12-9-6-3)77-71(74)65-62-59-56-53-50-47-44-41-37-32-29-26-23-20-17-14-11-8-5-2/h7-8,10-11,16-21,25-30,33-34,36-38,41,43,46-47,50,52,55,68H,4-6,9,12-15,22-24,31-32,35,39-40,42,44-45,48-49,51,53-54,56-67H2,1-3H3/b10-7-,11-8-,19-16-,20-17-,21-18-,28-25-,29-26-,30-27-,34-33-,38-36-,41-37-,46-43-,50-47-,55-52-. The summed E-state index contributed by atoms with van der Waals surface area (Å²) in [6, 6.07) is 0. The van der Waals surface area contributed by atoms with Gasteiger partial charge in [0.2, 0.25) is 0 Å². The van der Waals surface area contributed by atoms with Crippen molar-refractivity contribution < 1.29 is 28.6 Å². The number of carbonyl (C=O) groups is 3. The van der Waals surface area contributed by atoms with Crippen molar-refractivity contribution in [2.75, 3.05) is 13.2 Å². The first-order valence-electron chi connectivity index (χ1n) is 30.6. The van der Waals surface area contributed by atoms with Crippen molar-refractivity contribution in [3.63, 3.8) is 0 Å². The first kappa shape index (κ1) is 71.8. The third kappa shape index (κ3) is 61.5. The van der Waals surface area contributed by atoms with Gasteiger partial charge in [-0.05, 0) is 148 Å². The van der Waals surface area contributed by atoms with Gasteiger partial charge >= 0.3 is 17.9 Å². The Labute approximate surface area is 472 Å². The fourth-order valence-electron chi connectivity index (χ4n) is 7.66. The predicted molar refractivity (Wildman–Crippen MR) is 334 cm³/mol. The highest BCUT2D eigenvalue weighted by Gasteiger charge is 2.19. The van der Waals surface area contributed by atoms with E-state index in [1.54, 1.807) is 0 Å². The van der Waals surface area contributed by atoms with Crippen molar-refractivity contribution >= 4 is 17.9 Å². The van der Waals surface area contributed by atoms with E-state index in [9.17, 15) is 14.4 Å². The molecule has 1 atom stereocenters. The molecule has 0 radical (unpaired) electrons. The van der Waals surface area contributed by atoms with Crippen molar-refractivity contribution in [1.29, 1.82) is 0 Å². The lowest BCUT2D eigenvalue weighted by Gasteiger charge is -2.18. The van der Waals surface area contributed by atoms with Crippen LogP contribution in [-0.2, 0) is 28.6 Å². The first-order valence-corrected chi connectivity index (χ1v) is 30.6. The predicted octanol–water partition coefficient (Wildman–Crippen LogP) is 21.1. The summed E-state index contributed by atoms with van der Waals surface area (Å²) in [5.41, 5.74) is 0. The minimum Gasteiger partial charge on any atom is -0.462 e. The Morgan fingerprint density at radius 3 is 0.857 bits per heavy atom. The minimum absolute atomic E-state index is 0.122. The average molecular weight is 1060 g/mol. The number of hydrogen-bond donors (Lipinski definition) is 0. The zero-order valence-electron chi connectivity index (χ0n) is 49.1. The molecule has 0 bridgehead atoms. The molecule has 0 aliphatic carbocycles. The molecule has 0 aliphatic heterocycles. The fourth-order valence-corrected chi connectivity index (χ4v) is 7.66. The quantitative estimate of drug-likeness (QED) is 0.0261. The van der Waals surface area contributed by atoms with Gasteiger partial charge in [0, 0.05) is 19.3 Å². The number of ether oxygens (including phenoxy) is 3. The summed E-state index contributed by atoms with van der Waals surface area (Å²) in [6.45, 7) is 6.29. The highest BCUT2D eigenvalue weighted by molar-refractivity contribution is 5.71. The van der Waals surface area contributed by atoms with Gasteiger partial charge in [-0.2, -0.15) is 0 Å². The number of allylic oxidation sites excluding steroid dienone is 28. The number of carbonyl (C=O) groups excluding carboxylic acids is 3. The molecule has 0 N–H and O–H groups in total. The molecule has 0 heterocycles. The lowest BCUT2D eigenvalue weighted by atomic mass is 10.1. The van der Waals surface area contributed by atoms with E-state index in [-0.39, 0.29) is 44.0 Å². The van der Waals surface area contributed by atoms with Crippen molar-refractivity contribution in [2.24, 2.45) is 0 Å². The van der Waals surface area contributed by atoms with Gasteiger partial charge in [0.1, 0.15) is 13.2 Å². The van der Waals surface area contributed by atoms with Gasteiger partial charge in [0.15, 0.2) is 6.10 Å². The van der Waals surface area contributed by atoms with Gasteiger partial charge in [0.05, 0.1) is 0 Å². The molecular formula is C71H110O6. The zero-order valence-corrected chi connectivity index (χ0v) is 49.1. The Balaban J connectivity index is 4.60. The molecule has 6 nitrogen and oxygen atoms in total. The third-order valence-corrected chi connectivity index (χ3v) is 12.2. The topological polar surface area (TPSA) is 78.9 Å². The molecule has 0 aliphatic rings. The Morgan fingerprint density at radius 2 is 0.519 bits per heavy atom. The number of esters is 3. The van der Waals surface area contributed by atoms with Gasteiger partial charge < -0.3 is 14.2 Å². The summed E-state index contributed by atoms with van der Waals surface area (Å²) in [6.07, 6.45) is 93.5. The van der Waals surface area contributed by atoms with E-state index in [0.29, 0.717) is 19.3 Å². The van der Waals surface area contributed by atoms with Crippen molar-refractivity contribution in [3.8, 4) is 0 Å². The minimum atomic E-state index is -0.833. The third-order valence-electron chi connectivity index (χ3n) is 12.2. The Morgan fingerprint density at radius 1 is 0.273 bits per heavy atom. The van der Waals surface area contributed by atoms with E-state index in [2.05, 4.69) is 191 Å². The van der Waals surface area contributed by atoms with Crippen molar-refractivity contribution in [1.82, 2.24) is 0 Å². The molecule has 0 fully saturated rings. The second kappa shape index (κ2) is 63.3. The van der Waals surface area contributed by atoms with E-state index < -0.39 is 6.10 Å². The van der Waals surface area contributed by atoms with Crippen LogP contribution in [0, 0.1) is 0 Å². The Hall–Kier alpha value is -5.23. The van der Waals surface area contributed by atoms with Crippen LogP contribution in [0.2, 0.25) is 0 Å². The molecule has 0 rings (SSSR count). The van der Waals surface area contributed by atoms with Crippen LogP contribution in [0.3, 0.4) is 0 Å². The number of rotatable bonds is 53. The normalized spacial score (nSPS) is 13.3. The van der Waals surface area contributed by atoms with E-state index in [0.717, 1.165) is 135 Å². The second-order valence-corrected chi connectivity index (χ2v) is 19.5. The summed E-state index contributed by atoms with van der Waals surface area (Å²) in [4.78, 5) is 38.3. The molecule has 430 valence electrons. The molecule has 0 saturated heterocycles. The summed E-state index contributed by atoms with van der Waals surface area (Å²) in [7, 11) is 0. The maximum atomic E-state index is 12.9. The van der Waals surface area contributed by atoms with Crippen LogP contribution in [0.25, 0.3) is 0 Å². The van der Waals surface area contributed by atoms with Crippen LogP contribution in [0.4, 0.5) is 0 Å². The Kier molecular flexibility index (Phi) is 59.0. The summed E-state index contributed by atoms with van der Waals surface area (Å²) < 4.78 is 16.8. The molecule has 1 unspecified atom stereocenters. The van der Waals surface area contributed by atoms with Crippen molar-refractivity contribution in [2.45, 2.75) is 245 Å². The van der Waals surface area contributed by atoms with Crippen LogP contribution in [-0.4, -0.2) is 37.2 Å². The van der Waals surface area contributed by atoms with Gasteiger partial charge in [-0.3, -0.25) is 14.4 Å². The zero-order chi connectivity index (χ0) is 55.7. The van der Waals surface area contributed by atoms with E-state index in [1.807, 2.05) is 0 Å². The molecule has 77 heavy (non-hydrogen) atoms. The molecule has 6 heteroatoms. The first-order chi connectivity index (χ1) is 38.0. The van der Waals surface area contributed by atoms with Crippen LogP contribution in [0.15, 0.2) is 170 Å². The monoisotopic (exact) mass is 1060 g/mol. The molecule has 0 amide bonds. The number of unbranched alkanes of at least 4 members (excludes halogenated alkanes) is 14. The number of hydrogen-bond acceptors (Lipinski definition) is 6. The van der Waals surface area contributed by atoms with E-state index in [4.69, 9.17) is 14.2 Å². The fraction of sp³-hybridized carbons (Fsp3) is 0.563. The molecule has 0 spiro atoms. The van der Waals surface area contributed by atoms with Gasteiger partial charge in [-0.25, -0.2) is 0 Å². The Bertz CT molecular complexity index is 1790. The highest BCUT2D eigenvalue weighted by Crippen LogP contribution is 2.13. The van der Waals surface area contributed by atoms with Crippen molar-refractivity contribution in [3.05, 3.63) is 170 Å². The van der Waals surface area contributed by atoms with Crippen LogP contribution in [0.1, 0.15) is 239 Å². The van der Waals surface area contributed by atoms with Crippen LogP contribution < -0.4 is 0 Å². The smallest absolute Gasteiger partial charge is 0.306 e. The molecular weight excluding hydrogens is 949 g/mol. The SMILES string of the molecule is CC/C=C\C/C=C\C/C=C\C/C=C\C/C=C\C/C=C\C/C=C\CCCC(=O)OCC(COC(=O)CCCCCCCCC/C=C\C/C=C\CCCCC)OC(=O)CCCCC/C=C\C/C=C\C/C=C\C/C=C\C/C=C\CC. The summed E-state index contributed by atoms with van der Waals surface area (Å²) >= 11 is 0. The van der Waals surface area contributed by atoms with Gasteiger partial charge in [-0.15, -0.1) is 0 Å². The van der Waals surface area contributed by atoms with Crippen LogP contribution in [0.5, 0.6) is 0 Å². The van der Waals surface area contributed by atoms with Gasteiger partial charge in [0.25, 0.3) is 0 Å². The second-order valence-electron chi connectivity index (χ2n) is 19.5. The van der Waals surface area contributed by atoms with E-state index >= 15 is 0 Å². The molecule has 0 aromatic heterocycles. The maximum Gasteiger partial charge on any atom is 0.306 e. The summed E-state index contributed by atoms with van der Waals surface area (Å²) in [5.74, 6) is -1.03.